The normalized spacial score (nSPS) is 21.1. The van der Waals surface area contributed by atoms with Crippen LogP contribution in [0.1, 0.15) is 58.8 Å². The first-order chi connectivity index (χ1) is 13.2. The second-order valence-electron chi connectivity index (χ2n) is 8.71. The van der Waals surface area contributed by atoms with Gasteiger partial charge >= 0.3 is 0 Å². The highest BCUT2D eigenvalue weighted by Gasteiger charge is 2.36. The largest absolute Gasteiger partial charge is 0.391 e. The number of β-amino-alcohol motifs (C(OH)–C–C–N with tert-alkyl or cyclic N) is 1. The second kappa shape index (κ2) is 6.44. The van der Waals surface area contributed by atoms with Gasteiger partial charge in [0.05, 0.1) is 40.0 Å². The number of amides is 1. The molecule has 1 unspecified atom stereocenters. The van der Waals surface area contributed by atoms with E-state index in [0.29, 0.717) is 37.2 Å². The molecule has 2 heterocycles. The molecule has 0 bridgehead atoms. The van der Waals surface area contributed by atoms with E-state index in [0.717, 1.165) is 29.1 Å². The summed E-state index contributed by atoms with van der Waals surface area (Å²) in [4.78, 5) is 26.6. The molecule has 2 aliphatic rings. The molecule has 7 nitrogen and oxygen atoms in total. The number of fused-ring (bicyclic) bond motifs is 1. The van der Waals surface area contributed by atoms with Gasteiger partial charge < -0.3 is 15.7 Å². The lowest BCUT2D eigenvalue weighted by atomic mass is 9.75. The summed E-state index contributed by atoms with van der Waals surface area (Å²) in [5.74, 6) is -0.371. The van der Waals surface area contributed by atoms with Crippen molar-refractivity contribution in [3.63, 3.8) is 0 Å². The van der Waals surface area contributed by atoms with E-state index in [9.17, 15) is 14.7 Å². The minimum Gasteiger partial charge on any atom is -0.391 e. The zero-order valence-electron chi connectivity index (χ0n) is 16.5. The molecular formula is C21H26N4O3. The molecule has 4 rings (SSSR count). The maximum absolute atomic E-state index is 12.7. The summed E-state index contributed by atoms with van der Waals surface area (Å²) in [7, 11) is 0. The average Bonchev–Trinajstić information content (AvgIpc) is 3.16. The van der Waals surface area contributed by atoms with Crippen LogP contribution in [-0.2, 0) is 6.42 Å². The molecule has 1 aliphatic heterocycles. The maximum atomic E-state index is 12.7. The molecule has 2 aromatic rings. The monoisotopic (exact) mass is 382 g/mol. The van der Waals surface area contributed by atoms with Crippen LogP contribution in [-0.4, -0.2) is 45.8 Å². The molecule has 1 aromatic carbocycles. The van der Waals surface area contributed by atoms with Gasteiger partial charge in [-0.05, 0) is 43.4 Å². The van der Waals surface area contributed by atoms with Gasteiger partial charge in [-0.2, -0.15) is 5.10 Å². The summed E-state index contributed by atoms with van der Waals surface area (Å²) in [6.07, 6.45) is 1.51. The molecule has 0 saturated carbocycles. The summed E-state index contributed by atoms with van der Waals surface area (Å²) in [6, 6.07) is 5.41. The summed E-state index contributed by atoms with van der Waals surface area (Å²) in [5, 5.41) is 14.6. The minimum atomic E-state index is -0.502. The van der Waals surface area contributed by atoms with Crippen molar-refractivity contribution in [1.29, 1.82) is 0 Å². The number of nitrogens with two attached hydrogens (primary N) is 1. The number of nitrogens with zero attached hydrogens (tertiary/aromatic N) is 3. The molecule has 1 amide bonds. The minimum absolute atomic E-state index is 0.122. The number of aryl methyl sites for hydroxylation is 1. The molecule has 148 valence electrons. The predicted octanol–water partition coefficient (Wildman–Crippen LogP) is 2.01. The fraction of sp³-hybridized carbons (Fsp3) is 0.476. The highest BCUT2D eigenvalue weighted by molar-refractivity contribution is 6.00. The third-order valence-corrected chi connectivity index (χ3v) is 5.72. The van der Waals surface area contributed by atoms with E-state index in [1.807, 2.05) is 28.6 Å². The Balaban J connectivity index is 1.84. The Morgan fingerprint density at radius 2 is 2.07 bits per heavy atom. The second-order valence-corrected chi connectivity index (χ2v) is 8.71. The van der Waals surface area contributed by atoms with E-state index in [2.05, 4.69) is 18.9 Å². The van der Waals surface area contributed by atoms with Gasteiger partial charge in [0.25, 0.3) is 5.91 Å². The topological polar surface area (TPSA) is 101 Å². The van der Waals surface area contributed by atoms with Crippen LogP contribution < -0.4 is 10.6 Å². The molecule has 1 saturated heterocycles. The number of primary amides is 1. The van der Waals surface area contributed by atoms with E-state index in [4.69, 9.17) is 5.73 Å². The molecule has 7 heteroatoms. The van der Waals surface area contributed by atoms with Gasteiger partial charge in [0, 0.05) is 19.5 Å². The van der Waals surface area contributed by atoms with Crippen LogP contribution in [0.3, 0.4) is 0 Å². The quantitative estimate of drug-likeness (QED) is 0.845. The van der Waals surface area contributed by atoms with Gasteiger partial charge in [-0.25, -0.2) is 4.68 Å². The molecule has 1 aliphatic carbocycles. The van der Waals surface area contributed by atoms with Crippen LogP contribution in [0.15, 0.2) is 18.2 Å². The van der Waals surface area contributed by atoms with Crippen LogP contribution in [0.2, 0.25) is 0 Å². The summed E-state index contributed by atoms with van der Waals surface area (Å²) in [5.41, 5.74) is 9.73. The Morgan fingerprint density at radius 1 is 1.32 bits per heavy atom. The Kier molecular flexibility index (Phi) is 4.30. The number of benzene rings is 1. The number of hydrogen-bond acceptors (Lipinski definition) is 5. The first-order valence-corrected chi connectivity index (χ1v) is 9.65. The van der Waals surface area contributed by atoms with Crippen molar-refractivity contribution >= 4 is 17.4 Å². The molecule has 1 atom stereocenters. The van der Waals surface area contributed by atoms with Gasteiger partial charge in [0.15, 0.2) is 5.78 Å². The van der Waals surface area contributed by atoms with Gasteiger partial charge in [-0.3, -0.25) is 9.59 Å². The van der Waals surface area contributed by atoms with Gasteiger partial charge in [0.1, 0.15) is 0 Å². The third kappa shape index (κ3) is 3.09. The molecule has 0 radical (unpaired) electrons. The number of carbonyl (C=O) groups excluding carboxylic acids is 2. The average molecular weight is 382 g/mol. The first-order valence-electron chi connectivity index (χ1n) is 9.65. The van der Waals surface area contributed by atoms with Crippen molar-refractivity contribution in [2.75, 3.05) is 18.0 Å². The lowest BCUT2D eigenvalue weighted by molar-refractivity contribution is 0.0909. The third-order valence-electron chi connectivity index (χ3n) is 5.72. The number of rotatable bonds is 3. The first kappa shape index (κ1) is 18.7. The van der Waals surface area contributed by atoms with Gasteiger partial charge in [-0.15, -0.1) is 0 Å². The number of carbonyl (C=O) groups is 2. The molecule has 1 aromatic heterocycles. The number of Topliss-reactive ketones (excluding diaryl/α,β-unsaturated/α-hetero) is 1. The lowest BCUT2D eigenvalue weighted by Gasteiger charge is -2.29. The van der Waals surface area contributed by atoms with Crippen molar-refractivity contribution in [2.45, 2.75) is 46.1 Å². The summed E-state index contributed by atoms with van der Waals surface area (Å²) in [6.45, 7) is 7.17. The van der Waals surface area contributed by atoms with Gasteiger partial charge in [-0.1, -0.05) is 13.8 Å². The van der Waals surface area contributed by atoms with Crippen molar-refractivity contribution in [1.82, 2.24) is 9.78 Å². The van der Waals surface area contributed by atoms with Crippen LogP contribution in [0.5, 0.6) is 0 Å². The number of aliphatic hydroxyl groups is 1. The number of ketones is 1. The summed E-state index contributed by atoms with van der Waals surface area (Å²) >= 11 is 0. The molecule has 0 spiro atoms. The maximum Gasteiger partial charge on any atom is 0.250 e. The molecular weight excluding hydrogens is 356 g/mol. The Hall–Kier alpha value is -2.67. The number of hydrogen-bond donors (Lipinski definition) is 2. The van der Waals surface area contributed by atoms with E-state index < -0.39 is 12.0 Å². The highest BCUT2D eigenvalue weighted by Crippen LogP contribution is 2.37. The fourth-order valence-corrected chi connectivity index (χ4v) is 4.44. The zero-order chi connectivity index (χ0) is 20.2. The van der Waals surface area contributed by atoms with Crippen molar-refractivity contribution < 1.29 is 14.7 Å². The Morgan fingerprint density at radius 3 is 2.71 bits per heavy atom. The Bertz CT molecular complexity index is 976. The van der Waals surface area contributed by atoms with Crippen molar-refractivity contribution in [3.05, 3.63) is 40.7 Å². The Labute approximate surface area is 164 Å². The van der Waals surface area contributed by atoms with Crippen molar-refractivity contribution in [2.24, 2.45) is 11.1 Å². The van der Waals surface area contributed by atoms with Crippen LogP contribution >= 0.6 is 0 Å². The SMILES string of the molecule is Cc1nn(-c2ccc(C(N)=O)c(N3CCC(O)C3)c2)c2c1C(=O)CC(C)(C)C2. The van der Waals surface area contributed by atoms with E-state index in [-0.39, 0.29) is 11.2 Å². The standard InChI is InChI=1S/C21H26N4O3/c1-12-19-17(9-21(2,3)10-18(19)27)25(23-12)13-4-5-15(20(22)28)16(8-13)24-7-6-14(26)11-24/h4-5,8,14,26H,6-7,9-11H2,1-3H3,(H2,22,28). The smallest absolute Gasteiger partial charge is 0.250 e. The number of anilines is 1. The molecule has 3 N–H and O–H groups in total. The summed E-state index contributed by atoms with van der Waals surface area (Å²) < 4.78 is 1.82. The zero-order valence-corrected chi connectivity index (χ0v) is 16.5. The van der Waals surface area contributed by atoms with Gasteiger partial charge in [0.2, 0.25) is 0 Å². The number of aliphatic hydroxyl groups excluding tert-OH is 1. The molecule has 28 heavy (non-hydrogen) atoms. The predicted molar refractivity (Wildman–Crippen MR) is 106 cm³/mol. The van der Waals surface area contributed by atoms with Crippen LogP contribution in [0, 0.1) is 12.3 Å². The van der Waals surface area contributed by atoms with E-state index in [1.165, 1.54) is 0 Å². The van der Waals surface area contributed by atoms with Crippen LogP contribution in [0.4, 0.5) is 5.69 Å². The number of aromatic nitrogens is 2. The van der Waals surface area contributed by atoms with Crippen LogP contribution in [0.25, 0.3) is 5.69 Å². The van der Waals surface area contributed by atoms with E-state index in [1.54, 1.807) is 6.07 Å². The van der Waals surface area contributed by atoms with Crippen molar-refractivity contribution in [3.8, 4) is 5.69 Å². The highest BCUT2D eigenvalue weighted by atomic mass is 16.3. The molecule has 1 fully saturated rings. The van der Waals surface area contributed by atoms with E-state index >= 15 is 0 Å². The fourth-order valence-electron chi connectivity index (χ4n) is 4.44. The lowest BCUT2D eigenvalue weighted by Crippen LogP contribution is -2.28.